The molecule has 0 aromatic carbocycles. The molecule has 0 aliphatic carbocycles. The van der Waals surface area contributed by atoms with Gasteiger partial charge in [0.1, 0.15) is 17.5 Å². The highest BCUT2D eigenvalue weighted by atomic mass is 16.5. The number of anilines is 2. The van der Waals surface area contributed by atoms with Crippen molar-refractivity contribution in [2.45, 2.75) is 52.1 Å². The number of hydrogen-bond donors (Lipinski definition) is 2. The molecule has 1 aromatic rings. The normalized spacial score (nSPS) is 21.9. The zero-order chi connectivity index (χ0) is 14.4. The summed E-state index contributed by atoms with van der Waals surface area (Å²) >= 11 is 0. The highest BCUT2D eigenvalue weighted by Crippen LogP contribution is 2.25. The van der Waals surface area contributed by atoms with Crippen LogP contribution in [0.25, 0.3) is 0 Å². The lowest BCUT2D eigenvalue weighted by Crippen LogP contribution is -2.32. The summed E-state index contributed by atoms with van der Waals surface area (Å²) in [6.45, 7) is 8.90. The molecule has 2 rings (SSSR count). The van der Waals surface area contributed by atoms with Crippen LogP contribution in [0.2, 0.25) is 0 Å². The number of aryl methyl sites for hydroxylation is 1. The van der Waals surface area contributed by atoms with Crippen LogP contribution in [0.5, 0.6) is 0 Å². The third-order valence-corrected chi connectivity index (χ3v) is 3.55. The predicted molar refractivity (Wildman–Crippen MR) is 82.3 cm³/mol. The van der Waals surface area contributed by atoms with Gasteiger partial charge >= 0.3 is 0 Å². The maximum absolute atomic E-state index is 5.80. The molecule has 5 nitrogen and oxygen atoms in total. The number of rotatable bonds is 7. The molecule has 1 aliphatic rings. The predicted octanol–water partition coefficient (Wildman–Crippen LogP) is 2.84. The largest absolute Gasteiger partial charge is 0.373 e. The van der Waals surface area contributed by atoms with E-state index in [2.05, 4.69) is 41.4 Å². The summed E-state index contributed by atoms with van der Waals surface area (Å²) in [5, 5.41) is 6.67. The molecule has 0 spiro atoms. The van der Waals surface area contributed by atoms with Gasteiger partial charge in [-0.25, -0.2) is 9.97 Å². The van der Waals surface area contributed by atoms with E-state index in [4.69, 9.17) is 4.74 Å². The molecule has 1 unspecified atom stereocenters. The fraction of sp³-hybridized carbons (Fsp3) is 0.733. The molecule has 2 heterocycles. The second-order valence-corrected chi connectivity index (χ2v) is 5.59. The fourth-order valence-corrected chi connectivity index (χ4v) is 2.45. The molecular weight excluding hydrogens is 252 g/mol. The van der Waals surface area contributed by atoms with Gasteiger partial charge in [-0.2, -0.15) is 0 Å². The molecular formula is C15H26N4O. The second kappa shape index (κ2) is 6.88. The molecule has 0 radical (unpaired) electrons. The van der Waals surface area contributed by atoms with Crippen LogP contribution in [0.4, 0.5) is 11.6 Å². The van der Waals surface area contributed by atoms with Crippen LogP contribution < -0.4 is 10.6 Å². The van der Waals surface area contributed by atoms with Gasteiger partial charge < -0.3 is 15.4 Å². The summed E-state index contributed by atoms with van der Waals surface area (Å²) in [5.41, 5.74) is -0.0613. The van der Waals surface area contributed by atoms with Crippen molar-refractivity contribution in [3.05, 3.63) is 11.9 Å². The molecule has 1 aliphatic heterocycles. The van der Waals surface area contributed by atoms with Crippen molar-refractivity contribution in [3.63, 3.8) is 0 Å². The first-order valence-corrected chi connectivity index (χ1v) is 7.65. The summed E-state index contributed by atoms with van der Waals surface area (Å²) in [6, 6.07) is 1.97. The number of nitrogens with zero attached hydrogens (tertiary/aromatic N) is 2. The van der Waals surface area contributed by atoms with Gasteiger partial charge in [-0.1, -0.05) is 6.92 Å². The molecule has 0 amide bonds. The number of aromatic nitrogens is 2. The number of nitrogens with one attached hydrogen (secondary N) is 2. The van der Waals surface area contributed by atoms with Crippen molar-refractivity contribution >= 4 is 11.6 Å². The van der Waals surface area contributed by atoms with E-state index in [1.54, 1.807) is 0 Å². The van der Waals surface area contributed by atoms with Gasteiger partial charge in [0.25, 0.3) is 0 Å². The van der Waals surface area contributed by atoms with E-state index in [-0.39, 0.29) is 5.60 Å². The second-order valence-electron chi connectivity index (χ2n) is 5.59. The lowest BCUT2D eigenvalue weighted by molar-refractivity contribution is 0.0314. The Labute approximate surface area is 121 Å². The van der Waals surface area contributed by atoms with Crippen LogP contribution in [0, 0.1) is 0 Å². The number of hydrogen-bond acceptors (Lipinski definition) is 5. The van der Waals surface area contributed by atoms with Gasteiger partial charge in [-0.05, 0) is 33.1 Å². The van der Waals surface area contributed by atoms with Gasteiger partial charge in [-0.3, -0.25) is 0 Å². The average molecular weight is 278 g/mol. The van der Waals surface area contributed by atoms with E-state index in [9.17, 15) is 0 Å². The van der Waals surface area contributed by atoms with Crippen LogP contribution >= 0.6 is 0 Å². The highest BCUT2D eigenvalue weighted by molar-refractivity contribution is 5.47. The first-order chi connectivity index (χ1) is 9.65. The maximum Gasteiger partial charge on any atom is 0.133 e. The van der Waals surface area contributed by atoms with Gasteiger partial charge in [0.15, 0.2) is 0 Å². The Morgan fingerprint density at radius 3 is 2.60 bits per heavy atom. The summed E-state index contributed by atoms with van der Waals surface area (Å²) in [4.78, 5) is 9.10. The van der Waals surface area contributed by atoms with Crippen molar-refractivity contribution in [1.82, 2.24) is 9.97 Å². The molecule has 0 saturated carbocycles. The van der Waals surface area contributed by atoms with Crippen LogP contribution in [-0.2, 0) is 11.2 Å². The van der Waals surface area contributed by atoms with Crippen molar-refractivity contribution < 1.29 is 4.74 Å². The lowest BCUT2D eigenvalue weighted by Gasteiger charge is -2.24. The maximum atomic E-state index is 5.80. The average Bonchev–Trinajstić information content (AvgIpc) is 2.85. The lowest BCUT2D eigenvalue weighted by atomic mass is 10.0. The summed E-state index contributed by atoms with van der Waals surface area (Å²) in [6.07, 6.45) is 4.20. The molecule has 1 atom stereocenters. The van der Waals surface area contributed by atoms with E-state index in [1.807, 2.05) is 6.07 Å². The van der Waals surface area contributed by atoms with Crippen LogP contribution in [0.3, 0.4) is 0 Å². The fourth-order valence-electron chi connectivity index (χ4n) is 2.45. The molecule has 1 fully saturated rings. The SMILES string of the molecule is CCCc1nc(NCC)cc(NCC2(C)CCCO2)n1. The first kappa shape index (κ1) is 15.0. The topological polar surface area (TPSA) is 59.1 Å². The molecule has 1 saturated heterocycles. The smallest absolute Gasteiger partial charge is 0.133 e. The molecule has 20 heavy (non-hydrogen) atoms. The minimum Gasteiger partial charge on any atom is -0.373 e. The van der Waals surface area contributed by atoms with E-state index >= 15 is 0 Å². The van der Waals surface area contributed by atoms with Gasteiger partial charge in [-0.15, -0.1) is 0 Å². The monoisotopic (exact) mass is 278 g/mol. The van der Waals surface area contributed by atoms with Gasteiger partial charge in [0.05, 0.1) is 5.60 Å². The summed E-state index contributed by atoms with van der Waals surface area (Å²) in [5.74, 6) is 2.67. The van der Waals surface area contributed by atoms with Crippen LogP contribution in [0.1, 0.15) is 45.9 Å². The minimum atomic E-state index is -0.0613. The Bertz CT molecular complexity index is 406. The van der Waals surface area contributed by atoms with Crippen LogP contribution in [0.15, 0.2) is 6.07 Å². The Hall–Kier alpha value is -1.36. The van der Waals surface area contributed by atoms with Gasteiger partial charge in [0.2, 0.25) is 0 Å². The van der Waals surface area contributed by atoms with Crippen molar-refractivity contribution in [2.75, 3.05) is 30.3 Å². The molecule has 1 aromatic heterocycles. The molecule has 0 bridgehead atoms. The Morgan fingerprint density at radius 1 is 1.25 bits per heavy atom. The van der Waals surface area contributed by atoms with Crippen molar-refractivity contribution in [3.8, 4) is 0 Å². The molecule has 5 heteroatoms. The minimum absolute atomic E-state index is 0.0613. The third-order valence-electron chi connectivity index (χ3n) is 3.55. The van der Waals surface area contributed by atoms with Crippen molar-refractivity contribution in [1.29, 1.82) is 0 Å². The zero-order valence-corrected chi connectivity index (χ0v) is 12.8. The Morgan fingerprint density at radius 2 is 2.00 bits per heavy atom. The Kier molecular flexibility index (Phi) is 5.17. The van der Waals surface area contributed by atoms with Gasteiger partial charge in [0, 0.05) is 32.2 Å². The zero-order valence-electron chi connectivity index (χ0n) is 12.8. The molecule has 2 N–H and O–H groups in total. The third kappa shape index (κ3) is 4.07. The Balaban J connectivity index is 2.05. The number of ether oxygens (including phenoxy) is 1. The quantitative estimate of drug-likeness (QED) is 0.803. The summed E-state index contributed by atoms with van der Waals surface area (Å²) in [7, 11) is 0. The van der Waals surface area contributed by atoms with E-state index in [1.165, 1.54) is 0 Å². The van der Waals surface area contributed by atoms with E-state index < -0.39 is 0 Å². The van der Waals surface area contributed by atoms with Crippen molar-refractivity contribution in [2.24, 2.45) is 0 Å². The van der Waals surface area contributed by atoms with Crippen LogP contribution in [-0.4, -0.2) is 35.3 Å². The first-order valence-electron chi connectivity index (χ1n) is 7.65. The summed E-state index contributed by atoms with van der Waals surface area (Å²) < 4.78 is 5.80. The molecule has 112 valence electrons. The van der Waals surface area contributed by atoms with E-state index in [0.29, 0.717) is 0 Å². The highest BCUT2D eigenvalue weighted by Gasteiger charge is 2.29. The standard InChI is InChI=1S/C15H26N4O/c1-4-7-12-18-13(16-5-2)10-14(19-12)17-11-15(3)8-6-9-20-15/h10H,4-9,11H2,1-3H3,(H2,16,17,18,19). The van der Waals surface area contributed by atoms with E-state index in [0.717, 1.165) is 62.8 Å².